The molecule has 0 radical (unpaired) electrons. The molecule has 3 nitrogen and oxygen atoms in total. The molecule has 1 unspecified atom stereocenters. The molecular weight excluding hydrogens is 250 g/mol. The van der Waals surface area contributed by atoms with Crippen LogP contribution in [0.1, 0.15) is 22.7 Å². The van der Waals surface area contributed by atoms with Crippen LogP contribution in [0.3, 0.4) is 0 Å². The molecule has 0 aromatic heterocycles. The minimum absolute atomic E-state index is 0.301. The van der Waals surface area contributed by atoms with Gasteiger partial charge in [0, 0.05) is 6.04 Å². The SMILES string of the molecule is CNC(Cc1ccc2c(c1)OCO2)c1cccc(C)c1. The molecule has 104 valence electrons. The molecule has 3 rings (SSSR count). The summed E-state index contributed by atoms with van der Waals surface area (Å²) in [7, 11) is 2.00. The molecule has 0 saturated carbocycles. The first-order valence-electron chi connectivity index (χ1n) is 6.88. The van der Waals surface area contributed by atoms with E-state index in [4.69, 9.17) is 9.47 Å². The summed E-state index contributed by atoms with van der Waals surface area (Å²) < 4.78 is 10.8. The second-order valence-corrected chi connectivity index (χ2v) is 5.15. The van der Waals surface area contributed by atoms with Crippen molar-refractivity contribution in [2.75, 3.05) is 13.8 Å². The van der Waals surface area contributed by atoms with E-state index in [-0.39, 0.29) is 0 Å². The highest BCUT2D eigenvalue weighted by Crippen LogP contribution is 2.33. The van der Waals surface area contributed by atoms with E-state index in [0.29, 0.717) is 12.8 Å². The van der Waals surface area contributed by atoms with Crippen LogP contribution in [-0.2, 0) is 6.42 Å². The molecular formula is C17H19NO2. The third kappa shape index (κ3) is 2.63. The number of likely N-dealkylation sites (N-methyl/N-ethyl adjacent to an activating group) is 1. The second kappa shape index (κ2) is 5.55. The topological polar surface area (TPSA) is 30.5 Å². The molecule has 20 heavy (non-hydrogen) atoms. The summed E-state index contributed by atoms with van der Waals surface area (Å²) in [4.78, 5) is 0. The van der Waals surface area contributed by atoms with Gasteiger partial charge in [-0.2, -0.15) is 0 Å². The summed E-state index contributed by atoms with van der Waals surface area (Å²) in [5, 5.41) is 3.39. The van der Waals surface area contributed by atoms with Crippen LogP contribution in [0.25, 0.3) is 0 Å². The summed E-state index contributed by atoms with van der Waals surface area (Å²) in [5.74, 6) is 1.69. The van der Waals surface area contributed by atoms with Gasteiger partial charge < -0.3 is 14.8 Å². The van der Waals surface area contributed by atoms with Gasteiger partial charge >= 0.3 is 0 Å². The van der Waals surface area contributed by atoms with Crippen molar-refractivity contribution in [3.63, 3.8) is 0 Å². The van der Waals surface area contributed by atoms with E-state index >= 15 is 0 Å². The van der Waals surface area contributed by atoms with Crippen LogP contribution >= 0.6 is 0 Å². The average molecular weight is 269 g/mol. The predicted molar refractivity (Wildman–Crippen MR) is 79.2 cm³/mol. The van der Waals surface area contributed by atoms with Gasteiger partial charge in [-0.25, -0.2) is 0 Å². The fraction of sp³-hybridized carbons (Fsp3) is 0.294. The number of hydrogen-bond acceptors (Lipinski definition) is 3. The lowest BCUT2D eigenvalue weighted by Gasteiger charge is -2.17. The van der Waals surface area contributed by atoms with Gasteiger partial charge in [-0.3, -0.25) is 0 Å². The minimum atomic E-state index is 0.301. The van der Waals surface area contributed by atoms with Crippen LogP contribution < -0.4 is 14.8 Å². The van der Waals surface area contributed by atoms with Gasteiger partial charge in [-0.05, 0) is 43.7 Å². The zero-order chi connectivity index (χ0) is 13.9. The standard InChI is InChI=1S/C17H19NO2/c1-12-4-3-5-14(8-12)15(18-2)9-13-6-7-16-17(10-13)20-11-19-16/h3-8,10,15,18H,9,11H2,1-2H3. The van der Waals surface area contributed by atoms with Gasteiger partial charge in [0.1, 0.15) is 0 Å². The van der Waals surface area contributed by atoms with Crippen molar-refractivity contribution in [1.82, 2.24) is 5.32 Å². The van der Waals surface area contributed by atoms with E-state index in [9.17, 15) is 0 Å². The van der Waals surface area contributed by atoms with Gasteiger partial charge in [0.05, 0.1) is 0 Å². The van der Waals surface area contributed by atoms with Crippen LogP contribution in [0.4, 0.5) is 0 Å². The molecule has 1 aliphatic rings. The molecule has 1 N–H and O–H groups in total. The zero-order valence-electron chi connectivity index (χ0n) is 11.8. The van der Waals surface area contributed by atoms with Gasteiger partial charge in [0.2, 0.25) is 6.79 Å². The van der Waals surface area contributed by atoms with E-state index < -0.39 is 0 Å². The summed E-state index contributed by atoms with van der Waals surface area (Å²) in [6.07, 6.45) is 0.927. The molecule has 2 aromatic carbocycles. The van der Waals surface area contributed by atoms with Gasteiger partial charge in [0.25, 0.3) is 0 Å². The normalized spacial score (nSPS) is 14.3. The van der Waals surface area contributed by atoms with Crippen molar-refractivity contribution in [2.24, 2.45) is 0 Å². The summed E-state index contributed by atoms with van der Waals surface area (Å²) in [6, 6.07) is 15.1. The maximum Gasteiger partial charge on any atom is 0.231 e. The van der Waals surface area contributed by atoms with Crippen LogP contribution in [-0.4, -0.2) is 13.8 Å². The number of aryl methyl sites for hydroxylation is 1. The van der Waals surface area contributed by atoms with Gasteiger partial charge in [-0.1, -0.05) is 35.9 Å². The molecule has 0 fully saturated rings. The Bertz CT molecular complexity index is 610. The molecule has 1 atom stereocenters. The number of nitrogens with one attached hydrogen (secondary N) is 1. The molecule has 0 saturated heterocycles. The number of ether oxygens (including phenoxy) is 2. The van der Waals surface area contributed by atoms with Crippen LogP contribution in [0.2, 0.25) is 0 Å². The largest absolute Gasteiger partial charge is 0.454 e. The molecule has 1 heterocycles. The van der Waals surface area contributed by atoms with Gasteiger partial charge in [-0.15, -0.1) is 0 Å². The monoisotopic (exact) mass is 269 g/mol. The smallest absolute Gasteiger partial charge is 0.231 e. The first-order valence-corrected chi connectivity index (χ1v) is 6.88. The minimum Gasteiger partial charge on any atom is -0.454 e. The Balaban J connectivity index is 1.81. The van der Waals surface area contributed by atoms with Crippen molar-refractivity contribution >= 4 is 0 Å². The second-order valence-electron chi connectivity index (χ2n) is 5.15. The highest BCUT2D eigenvalue weighted by molar-refractivity contribution is 5.45. The fourth-order valence-electron chi connectivity index (χ4n) is 2.58. The van der Waals surface area contributed by atoms with Crippen molar-refractivity contribution in [3.05, 3.63) is 59.2 Å². The highest BCUT2D eigenvalue weighted by Gasteiger charge is 2.16. The molecule has 0 spiro atoms. The quantitative estimate of drug-likeness (QED) is 0.924. The zero-order valence-corrected chi connectivity index (χ0v) is 11.8. The van der Waals surface area contributed by atoms with Crippen molar-refractivity contribution in [2.45, 2.75) is 19.4 Å². The summed E-state index contributed by atoms with van der Waals surface area (Å²) in [6.45, 7) is 2.45. The molecule has 3 heteroatoms. The third-order valence-corrected chi connectivity index (χ3v) is 3.67. The highest BCUT2D eigenvalue weighted by atomic mass is 16.7. The Morgan fingerprint density at radius 1 is 1.10 bits per heavy atom. The predicted octanol–water partition coefficient (Wildman–Crippen LogP) is 3.23. The van der Waals surface area contributed by atoms with E-state index in [2.05, 4.69) is 48.6 Å². The Kier molecular flexibility index (Phi) is 3.61. The fourth-order valence-corrected chi connectivity index (χ4v) is 2.58. The van der Waals surface area contributed by atoms with Gasteiger partial charge in [0.15, 0.2) is 11.5 Å². The Hall–Kier alpha value is -2.00. The van der Waals surface area contributed by atoms with E-state index in [1.54, 1.807) is 0 Å². The van der Waals surface area contributed by atoms with E-state index in [1.807, 2.05) is 13.1 Å². The number of fused-ring (bicyclic) bond motifs is 1. The molecule has 1 aliphatic heterocycles. The number of hydrogen-bond donors (Lipinski definition) is 1. The molecule has 2 aromatic rings. The van der Waals surface area contributed by atoms with E-state index in [0.717, 1.165) is 17.9 Å². The van der Waals surface area contributed by atoms with Crippen molar-refractivity contribution in [3.8, 4) is 11.5 Å². The van der Waals surface area contributed by atoms with Crippen molar-refractivity contribution < 1.29 is 9.47 Å². The first kappa shape index (κ1) is 13.0. The molecule has 0 bridgehead atoms. The average Bonchev–Trinajstić information content (AvgIpc) is 2.92. The summed E-state index contributed by atoms with van der Waals surface area (Å²) >= 11 is 0. The Morgan fingerprint density at radius 2 is 1.95 bits per heavy atom. The molecule has 0 amide bonds. The maximum absolute atomic E-state index is 5.44. The van der Waals surface area contributed by atoms with Crippen LogP contribution in [0.15, 0.2) is 42.5 Å². The summed E-state index contributed by atoms with van der Waals surface area (Å²) in [5.41, 5.74) is 3.84. The van der Waals surface area contributed by atoms with E-state index in [1.165, 1.54) is 16.7 Å². The van der Waals surface area contributed by atoms with Crippen LogP contribution in [0.5, 0.6) is 11.5 Å². The lowest BCUT2D eigenvalue weighted by molar-refractivity contribution is 0.174. The lowest BCUT2D eigenvalue weighted by Crippen LogP contribution is -2.18. The first-order chi connectivity index (χ1) is 9.76. The van der Waals surface area contributed by atoms with Crippen molar-refractivity contribution in [1.29, 1.82) is 0 Å². The van der Waals surface area contributed by atoms with Crippen LogP contribution in [0, 0.1) is 6.92 Å². The third-order valence-electron chi connectivity index (χ3n) is 3.67. The maximum atomic E-state index is 5.44. The Labute approximate surface area is 119 Å². The Morgan fingerprint density at radius 3 is 2.75 bits per heavy atom. The number of rotatable bonds is 4. The number of benzene rings is 2. The molecule has 0 aliphatic carbocycles. The lowest BCUT2D eigenvalue weighted by atomic mass is 9.97.